The highest BCUT2D eigenvalue weighted by molar-refractivity contribution is 6.09. The summed E-state index contributed by atoms with van der Waals surface area (Å²) in [5.74, 6) is 0. The standard InChI is InChI=1S/C50H30N2O/c1-51-44-29-34(32-16-4-2-5-17-32)28-37(33-18-6-3-7-19-33)49(44)52-45-25-13-11-23-41(45)50(42-24-12-14-26-46(42)52)40-22-10-8-20-35(40)38-30-39-36-21-9-15-27-47(36)53-48(39)31-43(38)50/h2-31H. The van der Waals surface area contributed by atoms with Crippen molar-refractivity contribution in [3.8, 4) is 33.4 Å². The Bertz CT molecular complexity index is 2920. The summed E-state index contributed by atoms with van der Waals surface area (Å²) in [6, 6.07) is 64.5. The van der Waals surface area contributed by atoms with Gasteiger partial charge in [0.15, 0.2) is 0 Å². The smallest absolute Gasteiger partial charge is 0.211 e. The normalized spacial score (nSPS) is 13.4. The van der Waals surface area contributed by atoms with Crippen molar-refractivity contribution in [2.24, 2.45) is 0 Å². The molecule has 0 fully saturated rings. The zero-order valence-corrected chi connectivity index (χ0v) is 28.6. The number of benzene rings is 8. The third-order valence-corrected chi connectivity index (χ3v) is 11.3. The molecule has 0 amide bonds. The number of rotatable bonds is 3. The number of furan rings is 1. The Morgan fingerprint density at radius 3 is 1.75 bits per heavy atom. The molecular weight excluding hydrogens is 645 g/mol. The molecule has 1 aromatic heterocycles. The molecule has 0 radical (unpaired) electrons. The summed E-state index contributed by atoms with van der Waals surface area (Å²) >= 11 is 0. The lowest BCUT2D eigenvalue weighted by molar-refractivity contribution is 0.666. The maximum absolute atomic E-state index is 8.65. The van der Waals surface area contributed by atoms with Crippen molar-refractivity contribution in [2.45, 2.75) is 5.41 Å². The molecule has 0 bridgehead atoms. The summed E-state index contributed by atoms with van der Waals surface area (Å²) in [6.07, 6.45) is 0. The van der Waals surface area contributed by atoms with Gasteiger partial charge in [-0.25, -0.2) is 4.85 Å². The van der Waals surface area contributed by atoms with Gasteiger partial charge in [-0.1, -0.05) is 140 Å². The first-order chi connectivity index (χ1) is 26.3. The fourth-order valence-electron chi connectivity index (χ4n) is 9.14. The highest BCUT2D eigenvalue weighted by atomic mass is 16.3. The van der Waals surface area contributed by atoms with Gasteiger partial charge in [0.25, 0.3) is 0 Å². The van der Waals surface area contributed by atoms with E-state index in [2.05, 4.69) is 174 Å². The predicted octanol–water partition coefficient (Wildman–Crippen LogP) is 13.6. The lowest BCUT2D eigenvalue weighted by atomic mass is 9.64. The molecule has 1 aliphatic heterocycles. The highest BCUT2D eigenvalue weighted by Gasteiger charge is 2.52. The Balaban J connectivity index is 1.25. The fraction of sp³-hybridized carbons (Fsp3) is 0.0200. The van der Waals surface area contributed by atoms with Crippen molar-refractivity contribution >= 4 is 44.7 Å². The fourth-order valence-corrected chi connectivity index (χ4v) is 9.14. The molecule has 3 heteroatoms. The summed E-state index contributed by atoms with van der Waals surface area (Å²) in [7, 11) is 0. The molecule has 2 aliphatic rings. The number of para-hydroxylation sites is 3. The van der Waals surface area contributed by atoms with Crippen LogP contribution in [-0.4, -0.2) is 0 Å². The minimum Gasteiger partial charge on any atom is -0.456 e. The van der Waals surface area contributed by atoms with Crippen LogP contribution in [0.2, 0.25) is 0 Å². The van der Waals surface area contributed by atoms with Crippen molar-refractivity contribution in [2.75, 3.05) is 4.90 Å². The topological polar surface area (TPSA) is 20.7 Å². The molecule has 0 saturated heterocycles. The second-order valence-electron chi connectivity index (χ2n) is 13.9. The van der Waals surface area contributed by atoms with Crippen molar-refractivity contribution < 1.29 is 4.42 Å². The van der Waals surface area contributed by atoms with Gasteiger partial charge in [-0.3, -0.25) is 0 Å². The van der Waals surface area contributed by atoms with Crippen LogP contribution in [0.4, 0.5) is 22.7 Å². The first kappa shape index (κ1) is 29.6. The molecule has 0 N–H and O–H groups in total. The predicted molar refractivity (Wildman–Crippen MR) is 216 cm³/mol. The van der Waals surface area contributed by atoms with Gasteiger partial charge in [0.1, 0.15) is 11.2 Å². The number of nitrogens with zero attached hydrogens (tertiary/aromatic N) is 2. The largest absolute Gasteiger partial charge is 0.456 e. The SMILES string of the molecule is [C-]#[N+]c1cc(-c2ccccc2)cc(-c2ccccc2)c1N1c2ccccc2C2(c3ccccc3-c3cc4c(cc32)oc2ccccc24)c2ccccc21. The Labute approximate surface area is 307 Å². The van der Waals surface area contributed by atoms with E-state index in [0.29, 0.717) is 5.69 Å². The number of hydrogen-bond donors (Lipinski definition) is 0. The lowest BCUT2D eigenvalue weighted by Gasteiger charge is -2.45. The molecule has 0 saturated carbocycles. The van der Waals surface area contributed by atoms with Gasteiger partial charge in [-0.05, 0) is 98.1 Å². The molecule has 0 atom stereocenters. The van der Waals surface area contributed by atoms with Crippen LogP contribution in [0, 0.1) is 6.57 Å². The van der Waals surface area contributed by atoms with E-state index in [4.69, 9.17) is 11.0 Å². The van der Waals surface area contributed by atoms with E-state index >= 15 is 0 Å². The molecule has 11 rings (SSSR count). The van der Waals surface area contributed by atoms with E-state index in [1.165, 1.54) is 33.4 Å². The zero-order chi connectivity index (χ0) is 35.1. The minimum atomic E-state index is -0.627. The molecule has 1 spiro atoms. The van der Waals surface area contributed by atoms with Gasteiger partial charge < -0.3 is 9.32 Å². The third-order valence-electron chi connectivity index (χ3n) is 11.3. The van der Waals surface area contributed by atoms with E-state index in [1.807, 2.05) is 18.2 Å². The van der Waals surface area contributed by atoms with Crippen LogP contribution in [0.15, 0.2) is 186 Å². The van der Waals surface area contributed by atoms with Crippen LogP contribution in [0.3, 0.4) is 0 Å². The van der Waals surface area contributed by atoms with Crippen LogP contribution in [0.5, 0.6) is 0 Å². The van der Waals surface area contributed by atoms with Crippen LogP contribution >= 0.6 is 0 Å². The molecular formula is C50H30N2O. The third kappa shape index (κ3) is 4.04. The second-order valence-corrected chi connectivity index (χ2v) is 13.9. The molecule has 8 aromatic carbocycles. The average molecular weight is 675 g/mol. The quantitative estimate of drug-likeness (QED) is 0.174. The highest BCUT2D eigenvalue weighted by Crippen LogP contribution is 2.65. The van der Waals surface area contributed by atoms with E-state index in [9.17, 15) is 0 Å². The van der Waals surface area contributed by atoms with Crippen molar-refractivity contribution in [1.29, 1.82) is 0 Å². The summed E-state index contributed by atoms with van der Waals surface area (Å²) < 4.78 is 6.58. The van der Waals surface area contributed by atoms with Crippen LogP contribution in [0.1, 0.15) is 22.3 Å². The van der Waals surface area contributed by atoms with Crippen molar-refractivity contribution in [1.82, 2.24) is 0 Å². The first-order valence-electron chi connectivity index (χ1n) is 18.0. The van der Waals surface area contributed by atoms with Gasteiger partial charge in [0, 0.05) is 22.1 Å². The zero-order valence-electron chi connectivity index (χ0n) is 28.6. The van der Waals surface area contributed by atoms with Gasteiger partial charge >= 0.3 is 0 Å². The van der Waals surface area contributed by atoms with E-state index in [1.54, 1.807) is 0 Å². The van der Waals surface area contributed by atoms with E-state index < -0.39 is 5.41 Å². The molecule has 0 unspecified atom stereocenters. The number of hydrogen-bond acceptors (Lipinski definition) is 2. The summed E-state index contributed by atoms with van der Waals surface area (Å²) in [5, 5.41) is 2.25. The van der Waals surface area contributed by atoms with Gasteiger partial charge in [-0.15, -0.1) is 0 Å². The van der Waals surface area contributed by atoms with Crippen molar-refractivity contribution in [3.63, 3.8) is 0 Å². The maximum Gasteiger partial charge on any atom is 0.211 e. The summed E-state index contributed by atoms with van der Waals surface area (Å²) in [6.45, 7) is 8.65. The molecule has 1 aliphatic carbocycles. The van der Waals surface area contributed by atoms with E-state index in [-0.39, 0.29) is 0 Å². The number of anilines is 3. The Hall–Kier alpha value is -7.15. The first-order valence-corrected chi connectivity index (χ1v) is 18.0. The van der Waals surface area contributed by atoms with Crippen molar-refractivity contribution in [3.05, 3.63) is 216 Å². The second kappa shape index (κ2) is 11.2. The number of fused-ring (bicyclic) bond motifs is 12. The molecule has 53 heavy (non-hydrogen) atoms. The Morgan fingerprint density at radius 1 is 0.434 bits per heavy atom. The molecule has 2 heterocycles. The monoisotopic (exact) mass is 674 g/mol. The maximum atomic E-state index is 8.65. The Kier molecular flexibility index (Phi) is 6.23. The van der Waals surface area contributed by atoms with Crippen LogP contribution in [-0.2, 0) is 5.41 Å². The van der Waals surface area contributed by atoms with Gasteiger partial charge in [0.2, 0.25) is 5.69 Å². The Morgan fingerprint density at radius 2 is 1.04 bits per heavy atom. The van der Waals surface area contributed by atoms with E-state index in [0.717, 1.165) is 61.3 Å². The van der Waals surface area contributed by atoms with Gasteiger partial charge in [0.05, 0.1) is 17.7 Å². The molecule has 9 aromatic rings. The summed E-state index contributed by atoms with van der Waals surface area (Å²) in [5.41, 5.74) is 16.1. The molecule has 246 valence electrons. The summed E-state index contributed by atoms with van der Waals surface area (Å²) in [4.78, 5) is 6.62. The lowest BCUT2D eigenvalue weighted by Crippen LogP contribution is -2.36. The van der Waals surface area contributed by atoms with Gasteiger partial charge in [-0.2, -0.15) is 0 Å². The van der Waals surface area contributed by atoms with Crippen LogP contribution in [0.25, 0.3) is 60.2 Å². The minimum absolute atomic E-state index is 0.599. The molecule has 3 nitrogen and oxygen atoms in total. The van der Waals surface area contributed by atoms with Crippen LogP contribution < -0.4 is 4.90 Å². The average Bonchev–Trinajstić information content (AvgIpc) is 3.73.